The minimum absolute atomic E-state index is 0.148. The third-order valence-corrected chi connectivity index (χ3v) is 5.72. The second kappa shape index (κ2) is 9.72. The van der Waals surface area contributed by atoms with E-state index in [1.807, 2.05) is 48.7 Å². The number of aryl methyl sites for hydroxylation is 1. The lowest BCUT2D eigenvalue weighted by Crippen LogP contribution is -2.25. The summed E-state index contributed by atoms with van der Waals surface area (Å²) in [4.78, 5) is 24.7. The Hall–Kier alpha value is -4.59. The van der Waals surface area contributed by atoms with E-state index in [9.17, 15) is 14.0 Å². The first-order valence-corrected chi connectivity index (χ1v) is 11.2. The Bertz CT molecular complexity index is 1540. The average molecular weight is 468 g/mol. The number of carbonyl (C=O) groups is 1. The zero-order valence-corrected chi connectivity index (χ0v) is 18.8. The number of nitrogens with zero attached hydrogens (tertiary/aromatic N) is 4. The van der Waals surface area contributed by atoms with Crippen molar-refractivity contribution in [3.8, 4) is 16.9 Å². The summed E-state index contributed by atoms with van der Waals surface area (Å²) in [7, 11) is 0. The van der Waals surface area contributed by atoms with E-state index in [2.05, 4.69) is 10.4 Å². The van der Waals surface area contributed by atoms with Gasteiger partial charge in [-0.25, -0.2) is 9.07 Å². The Labute approximate surface area is 200 Å². The fraction of sp³-hybridized carbons (Fsp3) is 0.111. The molecule has 35 heavy (non-hydrogen) atoms. The van der Waals surface area contributed by atoms with Crippen LogP contribution in [0.5, 0.6) is 0 Å². The number of rotatable bonds is 7. The van der Waals surface area contributed by atoms with Gasteiger partial charge in [0.05, 0.1) is 29.6 Å². The highest BCUT2D eigenvalue weighted by Crippen LogP contribution is 2.24. The van der Waals surface area contributed by atoms with Crippen LogP contribution in [0.4, 0.5) is 4.39 Å². The molecule has 0 fully saturated rings. The summed E-state index contributed by atoms with van der Waals surface area (Å²) < 4.78 is 16.9. The summed E-state index contributed by atoms with van der Waals surface area (Å²) in [5.74, 6) is -0.484. The quantitative estimate of drug-likeness (QED) is 0.391. The zero-order valence-electron chi connectivity index (χ0n) is 18.8. The van der Waals surface area contributed by atoms with Crippen LogP contribution < -0.4 is 10.7 Å². The number of benzene rings is 3. The largest absolute Gasteiger partial charge is 0.352 e. The van der Waals surface area contributed by atoms with E-state index in [4.69, 9.17) is 5.10 Å². The van der Waals surface area contributed by atoms with Gasteiger partial charge < -0.3 is 5.32 Å². The zero-order chi connectivity index (χ0) is 24.2. The van der Waals surface area contributed by atoms with E-state index >= 15 is 0 Å². The van der Waals surface area contributed by atoms with Gasteiger partial charge in [-0.3, -0.25) is 14.3 Å². The lowest BCUT2D eigenvalue weighted by atomic mass is 10.1. The minimum Gasteiger partial charge on any atom is -0.352 e. The highest BCUT2D eigenvalue weighted by Gasteiger charge is 2.14. The molecule has 7 nitrogen and oxygen atoms in total. The van der Waals surface area contributed by atoms with Gasteiger partial charge in [-0.05, 0) is 48.5 Å². The van der Waals surface area contributed by atoms with Gasteiger partial charge in [-0.15, -0.1) is 0 Å². The molecule has 8 heteroatoms. The van der Waals surface area contributed by atoms with E-state index in [0.29, 0.717) is 23.1 Å². The first-order chi connectivity index (χ1) is 17.1. The van der Waals surface area contributed by atoms with Crippen LogP contribution in [-0.2, 0) is 17.9 Å². The van der Waals surface area contributed by atoms with Crippen molar-refractivity contribution in [1.29, 1.82) is 0 Å². The van der Waals surface area contributed by atoms with E-state index < -0.39 is 0 Å². The average Bonchev–Trinajstić information content (AvgIpc) is 3.32. The second-order valence-corrected chi connectivity index (χ2v) is 8.07. The van der Waals surface area contributed by atoms with Gasteiger partial charge in [0, 0.05) is 35.7 Å². The van der Waals surface area contributed by atoms with Crippen LogP contribution in [0.3, 0.4) is 0 Å². The molecule has 2 heterocycles. The van der Waals surface area contributed by atoms with Crippen LogP contribution in [0.15, 0.2) is 96.1 Å². The fourth-order valence-corrected chi connectivity index (χ4v) is 3.93. The van der Waals surface area contributed by atoms with Crippen molar-refractivity contribution in [2.45, 2.75) is 19.5 Å². The number of carbonyl (C=O) groups excluding carboxylic acids is 1. The summed E-state index contributed by atoms with van der Waals surface area (Å²) in [6.45, 7) is 0.595. The molecule has 0 aliphatic carbocycles. The number of halogens is 1. The molecule has 5 aromatic rings. The molecular weight excluding hydrogens is 445 g/mol. The Morgan fingerprint density at radius 1 is 0.943 bits per heavy atom. The summed E-state index contributed by atoms with van der Waals surface area (Å²) in [6.07, 6.45) is 3.33. The van der Waals surface area contributed by atoms with Gasteiger partial charge in [-0.1, -0.05) is 30.3 Å². The molecule has 0 atom stereocenters. The number of fused-ring (bicyclic) bond motifs is 1. The molecular formula is C27H22FN5O2. The van der Waals surface area contributed by atoms with Crippen molar-refractivity contribution >= 4 is 16.8 Å². The van der Waals surface area contributed by atoms with Crippen molar-refractivity contribution in [2.75, 3.05) is 0 Å². The fourth-order valence-electron chi connectivity index (χ4n) is 3.93. The minimum atomic E-state index is -0.324. The molecule has 174 valence electrons. The topological polar surface area (TPSA) is 81.8 Å². The highest BCUT2D eigenvalue weighted by molar-refractivity contribution is 5.79. The van der Waals surface area contributed by atoms with E-state index in [0.717, 1.165) is 16.8 Å². The lowest BCUT2D eigenvalue weighted by molar-refractivity contribution is -0.121. The van der Waals surface area contributed by atoms with Crippen LogP contribution in [0.1, 0.15) is 12.0 Å². The number of hydrogen-bond donors (Lipinski definition) is 1. The van der Waals surface area contributed by atoms with Crippen LogP contribution in [-0.4, -0.2) is 25.5 Å². The van der Waals surface area contributed by atoms with Crippen LogP contribution in [0.2, 0.25) is 0 Å². The van der Waals surface area contributed by atoms with Gasteiger partial charge in [0.1, 0.15) is 5.82 Å². The third kappa shape index (κ3) is 4.86. The molecule has 0 aliphatic heterocycles. The van der Waals surface area contributed by atoms with E-state index in [-0.39, 0.29) is 30.1 Å². The first-order valence-electron chi connectivity index (χ1n) is 11.2. The van der Waals surface area contributed by atoms with Crippen LogP contribution in [0, 0.1) is 5.82 Å². The summed E-state index contributed by atoms with van der Waals surface area (Å²) in [5.41, 5.74) is 3.66. The van der Waals surface area contributed by atoms with E-state index in [1.54, 1.807) is 33.6 Å². The SMILES string of the molecule is O=C(CCn1ncc(=O)c2ccccc21)NCc1cn(-c2ccccc2)nc1-c1ccc(F)cc1. The molecule has 5 rings (SSSR count). The van der Waals surface area contributed by atoms with Crippen molar-refractivity contribution < 1.29 is 9.18 Å². The molecule has 0 saturated heterocycles. The molecule has 0 bridgehead atoms. The number of amides is 1. The Kier molecular flexibility index (Phi) is 6.17. The molecule has 0 aliphatic rings. The van der Waals surface area contributed by atoms with Gasteiger partial charge in [0.15, 0.2) is 0 Å². The van der Waals surface area contributed by atoms with Crippen molar-refractivity contribution in [3.63, 3.8) is 0 Å². The van der Waals surface area contributed by atoms with Crippen molar-refractivity contribution in [3.05, 3.63) is 113 Å². The second-order valence-electron chi connectivity index (χ2n) is 8.07. The lowest BCUT2D eigenvalue weighted by Gasteiger charge is -2.09. The Morgan fingerprint density at radius 2 is 1.69 bits per heavy atom. The molecule has 0 radical (unpaired) electrons. The normalized spacial score (nSPS) is 11.0. The number of nitrogens with one attached hydrogen (secondary N) is 1. The maximum absolute atomic E-state index is 13.5. The highest BCUT2D eigenvalue weighted by atomic mass is 19.1. The predicted octanol–water partition coefficient (Wildman–Crippen LogP) is 4.09. The van der Waals surface area contributed by atoms with Crippen molar-refractivity contribution in [2.24, 2.45) is 0 Å². The first kappa shape index (κ1) is 22.2. The molecule has 0 spiro atoms. The van der Waals surface area contributed by atoms with Gasteiger partial charge >= 0.3 is 0 Å². The maximum atomic E-state index is 13.5. The molecule has 0 saturated carbocycles. The van der Waals surface area contributed by atoms with Gasteiger partial charge in [0.2, 0.25) is 11.3 Å². The molecule has 1 amide bonds. The monoisotopic (exact) mass is 467 g/mol. The molecule has 1 N–H and O–H groups in total. The summed E-state index contributed by atoms with van der Waals surface area (Å²) in [6, 6.07) is 23.0. The van der Waals surface area contributed by atoms with Gasteiger partial charge in [-0.2, -0.15) is 10.2 Å². The van der Waals surface area contributed by atoms with Crippen LogP contribution in [0.25, 0.3) is 27.8 Å². The van der Waals surface area contributed by atoms with Gasteiger partial charge in [0.25, 0.3) is 0 Å². The standard InChI is InChI=1S/C27H22FN5O2/c28-21-12-10-19(11-13-21)27-20(18-33(31-27)22-6-2-1-3-7-22)16-29-26(35)14-15-32-24-9-5-4-8-23(24)25(34)17-30-32/h1-13,17-18H,14-16H2,(H,29,35). The van der Waals surface area contributed by atoms with E-state index in [1.165, 1.54) is 18.3 Å². The predicted molar refractivity (Wildman–Crippen MR) is 131 cm³/mol. The smallest absolute Gasteiger partial charge is 0.222 e. The maximum Gasteiger partial charge on any atom is 0.222 e. The number of para-hydroxylation sites is 2. The Morgan fingerprint density at radius 3 is 2.49 bits per heavy atom. The third-order valence-electron chi connectivity index (χ3n) is 5.72. The number of hydrogen-bond acceptors (Lipinski definition) is 4. The summed E-state index contributed by atoms with van der Waals surface area (Å²) in [5, 5.41) is 12.4. The number of aromatic nitrogens is 4. The van der Waals surface area contributed by atoms with Crippen LogP contribution >= 0.6 is 0 Å². The van der Waals surface area contributed by atoms with Crippen molar-refractivity contribution in [1.82, 2.24) is 24.9 Å². The Balaban J connectivity index is 1.33. The molecule has 0 unspecified atom stereocenters. The molecule has 2 aromatic heterocycles. The summed E-state index contributed by atoms with van der Waals surface area (Å²) >= 11 is 0. The molecule has 3 aromatic carbocycles.